The summed E-state index contributed by atoms with van der Waals surface area (Å²) in [5.74, 6) is 1.91. The van der Waals surface area contributed by atoms with Crippen LogP contribution in [0.1, 0.15) is 57.2 Å². The molecule has 19 heavy (non-hydrogen) atoms. The lowest BCUT2D eigenvalue weighted by Crippen LogP contribution is -2.23. The molecule has 1 aromatic carbocycles. The minimum atomic E-state index is 0.440. The molecule has 0 saturated heterocycles. The van der Waals surface area contributed by atoms with Crippen molar-refractivity contribution in [2.24, 2.45) is 5.92 Å². The molecule has 0 saturated carbocycles. The van der Waals surface area contributed by atoms with Gasteiger partial charge in [-0.25, -0.2) is 0 Å². The van der Waals surface area contributed by atoms with Gasteiger partial charge in [-0.05, 0) is 37.3 Å². The van der Waals surface area contributed by atoms with Gasteiger partial charge in [0.05, 0.1) is 6.61 Å². The minimum absolute atomic E-state index is 0.440. The van der Waals surface area contributed by atoms with Gasteiger partial charge in [-0.1, -0.05) is 39.0 Å². The zero-order valence-electron chi connectivity index (χ0n) is 12.5. The first-order valence-corrected chi connectivity index (χ1v) is 7.70. The standard InChI is InChI=1S/C17H27NO/c1-4-11-18-16(9-8-13(2)3)15-7-5-6-14-10-12-19-17(14)15/h5-7,13,16,18H,4,8-12H2,1-3H3. The molecule has 0 bridgehead atoms. The van der Waals surface area contributed by atoms with Crippen LogP contribution in [0.4, 0.5) is 0 Å². The zero-order valence-corrected chi connectivity index (χ0v) is 12.5. The van der Waals surface area contributed by atoms with Gasteiger partial charge >= 0.3 is 0 Å². The van der Waals surface area contributed by atoms with Crippen molar-refractivity contribution in [1.29, 1.82) is 0 Å². The first-order chi connectivity index (χ1) is 9.22. The summed E-state index contributed by atoms with van der Waals surface area (Å²) in [6.45, 7) is 8.73. The number of nitrogens with one attached hydrogen (secondary N) is 1. The van der Waals surface area contributed by atoms with Crippen LogP contribution >= 0.6 is 0 Å². The molecular formula is C17H27NO. The van der Waals surface area contributed by atoms with Gasteiger partial charge in [-0.3, -0.25) is 0 Å². The van der Waals surface area contributed by atoms with E-state index in [0.717, 1.165) is 31.2 Å². The van der Waals surface area contributed by atoms with E-state index in [1.165, 1.54) is 30.4 Å². The second-order valence-corrected chi connectivity index (χ2v) is 5.91. The summed E-state index contributed by atoms with van der Waals surface area (Å²) in [6.07, 6.45) is 4.68. The molecule has 0 aromatic heterocycles. The lowest BCUT2D eigenvalue weighted by atomic mass is 9.95. The van der Waals surface area contributed by atoms with Gasteiger partial charge in [-0.2, -0.15) is 0 Å². The highest BCUT2D eigenvalue weighted by Gasteiger charge is 2.21. The molecule has 1 aliphatic rings. The molecule has 0 aliphatic carbocycles. The minimum Gasteiger partial charge on any atom is -0.493 e. The fraction of sp³-hybridized carbons (Fsp3) is 0.647. The van der Waals surface area contributed by atoms with Crippen LogP contribution in [0.5, 0.6) is 5.75 Å². The van der Waals surface area contributed by atoms with Crippen molar-refractivity contribution in [3.05, 3.63) is 29.3 Å². The van der Waals surface area contributed by atoms with Crippen LogP contribution in [0.25, 0.3) is 0 Å². The third-order valence-corrected chi connectivity index (χ3v) is 3.79. The maximum Gasteiger partial charge on any atom is 0.127 e. The maximum absolute atomic E-state index is 5.86. The maximum atomic E-state index is 5.86. The summed E-state index contributed by atoms with van der Waals surface area (Å²) in [7, 11) is 0. The number of fused-ring (bicyclic) bond motifs is 1. The molecule has 106 valence electrons. The van der Waals surface area contributed by atoms with E-state index in [0.29, 0.717) is 6.04 Å². The molecule has 2 rings (SSSR count). The number of para-hydroxylation sites is 1. The van der Waals surface area contributed by atoms with Crippen LogP contribution in [0.2, 0.25) is 0 Å². The quantitative estimate of drug-likeness (QED) is 0.798. The molecule has 0 amide bonds. The van der Waals surface area contributed by atoms with E-state index in [-0.39, 0.29) is 0 Å². The van der Waals surface area contributed by atoms with Crippen molar-refractivity contribution in [2.75, 3.05) is 13.2 Å². The fourth-order valence-electron chi connectivity index (χ4n) is 2.70. The Morgan fingerprint density at radius 3 is 2.84 bits per heavy atom. The Labute approximate surface area is 117 Å². The highest BCUT2D eigenvalue weighted by atomic mass is 16.5. The third kappa shape index (κ3) is 3.73. The number of rotatable bonds is 7. The molecule has 1 N–H and O–H groups in total. The highest BCUT2D eigenvalue weighted by molar-refractivity contribution is 5.45. The van der Waals surface area contributed by atoms with Crippen molar-refractivity contribution in [3.8, 4) is 5.75 Å². The summed E-state index contributed by atoms with van der Waals surface area (Å²) >= 11 is 0. The normalized spacial score (nSPS) is 15.4. The number of ether oxygens (including phenoxy) is 1. The van der Waals surface area contributed by atoms with Gasteiger partial charge in [0.15, 0.2) is 0 Å². The van der Waals surface area contributed by atoms with Gasteiger partial charge in [0.1, 0.15) is 5.75 Å². The Kier molecular flexibility index (Phi) is 5.26. The fourth-order valence-corrected chi connectivity index (χ4v) is 2.70. The number of hydrogen-bond donors (Lipinski definition) is 1. The lowest BCUT2D eigenvalue weighted by molar-refractivity contribution is 0.344. The third-order valence-electron chi connectivity index (χ3n) is 3.79. The van der Waals surface area contributed by atoms with Crippen LogP contribution in [0, 0.1) is 5.92 Å². The lowest BCUT2D eigenvalue weighted by Gasteiger charge is -2.22. The van der Waals surface area contributed by atoms with Crippen LogP contribution in [-0.4, -0.2) is 13.2 Å². The van der Waals surface area contributed by atoms with Gasteiger partial charge < -0.3 is 10.1 Å². The topological polar surface area (TPSA) is 21.3 Å². The predicted molar refractivity (Wildman–Crippen MR) is 80.7 cm³/mol. The molecule has 2 nitrogen and oxygen atoms in total. The van der Waals surface area contributed by atoms with E-state index in [1.807, 2.05) is 0 Å². The van der Waals surface area contributed by atoms with E-state index < -0.39 is 0 Å². The molecule has 0 fully saturated rings. The second kappa shape index (κ2) is 6.95. The SMILES string of the molecule is CCCNC(CCC(C)C)c1cccc2c1OCC2. The van der Waals surface area contributed by atoms with Crippen molar-refractivity contribution >= 4 is 0 Å². The van der Waals surface area contributed by atoms with Crippen LogP contribution in [-0.2, 0) is 6.42 Å². The molecule has 1 unspecified atom stereocenters. The van der Waals surface area contributed by atoms with Gasteiger partial charge in [0.2, 0.25) is 0 Å². The summed E-state index contributed by atoms with van der Waals surface area (Å²) in [5.41, 5.74) is 2.74. The van der Waals surface area contributed by atoms with Gasteiger partial charge in [-0.15, -0.1) is 0 Å². The molecular weight excluding hydrogens is 234 g/mol. The number of benzene rings is 1. The largest absolute Gasteiger partial charge is 0.493 e. The van der Waals surface area contributed by atoms with Crippen molar-refractivity contribution in [2.45, 2.75) is 52.5 Å². The van der Waals surface area contributed by atoms with Crippen molar-refractivity contribution in [3.63, 3.8) is 0 Å². The first kappa shape index (κ1) is 14.4. The average molecular weight is 261 g/mol. The van der Waals surface area contributed by atoms with Gasteiger partial charge in [0, 0.05) is 18.0 Å². The summed E-state index contributed by atoms with van der Waals surface area (Å²) in [5, 5.41) is 3.69. The molecule has 1 heterocycles. The summed E-state index contributed by atoms with van der Waals surface area (Å²) in [6, 6.07) is 7.05. The molecule has 2 heteroatoms. The highest BCUT2D eigenvalue weighted by Crippen LogP contribution is 2.35. The summed E-state index contributed by atoms with van der Waals surface area (Å²) in [4.78, 5) is 0. The Bertz CT molecular complexity index is 400. The van der Waals surface area contributed by atoms with E-state index in [4.69, 9.17) is 4.74 Å². The summed E-state index contributed by atoms with van der Waals surface area (Å²) < 4.78 is 5.86. The monoisotopic (exact) mass is 261 g/mol. The zero-order chi connectivity index (χ0) is 13.7. The van der Waals surface area contributed by atoms with E-state index in [1.54, 1.807) is 0 Å². The smallest absolute Gasteiger partial charge is 0.127 e. The average Bonchev–Trinajstić information content (AvgIpc) is 2.87. The Morgan fingerprint density at radius 2 is 2.11 bits per heavy atom. The molecule has 1 aliphatic heterocycles. The Hall–Kier alpha value is -1.02. The van der Waals surface area contributed by atoms with Gasteiger partial charge in [0.25, 0.3) is 0 Å². The van der Waals surface area contributed by atoms with Crippen molar-refractivity contribution in [1.82, 2.24) is 5.32 Å². The van der Waals surface area contributed by atoms with E-state index in [9.17, 15) is 0 Å². The van der Waals surface area contributed by atoms with E-state index >= 15 is 0 Å². The molecule has 1 atom stereocenters. The molecule has 1 aromatic rings. The van der Waals surface area contributed by atoms with Crippen LogP contribution < -0.4 is 10.1 Å². The Morgan fingerprint density at radius 1 is 1.26 bits per heavy atom. The molecule has 0 spiro atoms. The molecule has 0 radical (unpaired) electrons. The number of hydrogen-bond acceptors (Lipinski definition) is 2. The van der Waals surface area contributed by atoms with Crippen LogP contribution in [0.3, 0.4) is 0 Å². The predicted octanol–water partition coefficient (Wildman–Crippen LogP) is 4.10. The Balaban J connectivity index is 2.14. The van der Waals surface area contributed by atoms with Crippen LogP contribution in [0.15, 0.2) is 18.2 Å². The van der Waals surface area contributed by atoms with Crippen molar-refractivity contribution < 1.29 is 4.74 Å². The second-order valence-electron chi connectivity index (χ2n) is 5.91. The van der Waals surface area contributed by atoms with E-state index in [2.05, 4.69) is 44.3 Å². The first-order valence-electron chi connectivity index (χ1n) is 7.70.